The molecule has 1 aliphatic heterocycles. The maximum absolute atomic E-state index is 13.3. The molecule has 0 saturated heterocycles. The molecule has 2 aromatic carbocycles. The smallest absolute Gasteiger partial charge is 0.416 e. The number of nitrogens with one attached hydrogen (secondary N) is 1. The molecule has 1 heterocycles. The van der Waals surface area contributed by atoms with Crippen LogP contribution in [0.25, 0.3) is 5.57 Å². The lowest BCUT2D eigenvalue weighted by Gasteiger charge is -2.31. The van der Waals surface area contributed by atoms with Crippen molar-refractivity contribution < 1.29 is 18.7 Å². The summed E-state index contributed by atoms with van der Waals surface area (Å²) in [5.41, 5.74) is 2.76. The molecular formula is C22H22FNO3. The molecule has 3 rings (SSSR count). The number of halogens is 1. The van der Waals surface area contributed by atoms with Gasteiger partial charge in [0.25, 0.3) is 0 Å². The quantitative estimate of drug-likeness (QED) is 0.687. The van der Waals surface area contributed by atoms with Gasteiger partial charge < -0.3 is 9.47 Å². The minimum atomic E-state index is -0.560. The van der Waals surface area contributed by atoms with E-state index in [0.29, 0.717) is 17.2 Å². The molecule has 1 N–H and O–H groups in total. The molecule has 0 atom stereocenters. The maximum atomic E-state index is 13.3. The topological polar surface area (TPSA) is 47.6 Å². The predicted octanol–water partition coefficient (Wildman–Crippen LogP) is 5.90. The van der Waals surface area contributed by atoms with Crippen molar-refractivity contribution in [1.82, 2.24) is 0 Å². The number of carbonyl (C=O) groups is 1. The van der Waals surface area contributed by atoms with Crippen LogP contribution in [0.3, 0.4) is 0 Å². The predicted molar refractivity (Wildman–Crippen MR) is 104 cm³/mol. The second-order valence-electron chi connectivity index (χ2n) is 6.90. The number of allylic oxidation sites excluding steroid dienone is 2. The lowest BCUT2D eigenvalue weighted by Crippen LogP contribution is -2.29. The highest BCUT2D eigenvalue weighted by atomic mass is 19.1. The van der Waals surface area contributed by atoms with Gasteiger partial charge in [0.05, 0.1) is 0 Å². The molecule has 0 bridgehead atoms. The Kier molecular flexibility index (Phi) is 5.04. The molecule has 0 aromatic heterocycles. The summed E-state index contributed by atoms with van der Waals surface area (Å²) < 4.78 is 24.5. The van der Waals surface area contributed by atoms with Crippen LogP contribution in [0.15, 0.2) is 60.4 Å². The molecular weight excluding hydrogens is 345 g/mol. The van der Waals surface area contributed by atoms with Gasteiger partial charge in [0.2, 0.25) is 0 Å². The summed E-state index contributed by atoms with van der Waals surface area (Å²) in [5, 5.41) is 2.70. The molecule has 2 aromatic rings. The summed E-state index contributed by atoms with van der Waals surface area (Å²) in [6.45, 7) is 7.39. The van der Waals surface area contributed by atoms with Crippen LogP contribution in [-0.4, -0.2) is 11.7 Å². The Morgan fingerprint density at radius 1 is 1.19 bits per heavy atom. The molecule has 0 fully saturated rings. The van der Waals surface area contributed by atoms with Gasteiger partial charge >= 0.3 is 6.09 Å². The third-order valence-electron chi connectivity index (χ3n) is 4.20. The van der Waals surface area contributed by atoms with Crippen molar-refractivity contribution in [3.05, 3.63) is 77.3 Å². The molecule has 0 saturated carbocycles. The van der Waals surface area contributed by atoms with E-state index in [1.54, 1.807) is 44.2 Å². The van der Waals surface area contributed by atoms with Crippen molar-refractivity contribution in [2.45, 2.75) is 33.3 Å². The Morgan fingerprint density at radius 3 is 2.56 bits per heavy atom. The molecule has 140 valence electrons. The molecule has 0 spiro atoms. The molecule has 27 heavy (non-hydrogen) atoms. The number of rotatable bonds is 3. The van der Waals surface area contributed by atoms with Gasteiger partial charge in [-0.05, 0) is 75.2 Å². The minimum Gasteiger partial charge on any atom is -0.483 e. The van der Waals surface area contributed by atoms with Crippen LogP contribution < -0.4 is 10.1 Å². The number of amides is 1. The molecule has 0 radical (unpaired) electrons. The highest BCUT2D eigenvalue weighted by Crippen LogP contribution is 2.40. The Labute approximate surface area is 158 Å². The fourth-order valence-corrected chi connectivity index (χ4v) is 2.86. The number of carbonyl (C=O) groups excluding carboxylic acids is 1. The van der Waals surface area contributed by atoms with E-state index < -0.39 is 11.7 Å². The summed E-state index contributed by atoms with van der Waals surface area (Å²) in [5.74, 6) is 0.882. The molecule has 0 unspecified atom stereocenters. The third-order valence-corrected chi connectivity index (χ3v) is 4.20. The first-order valence-corrected chi connectivity index (χ1v) is 8.71. The zero-order valence-corrected chi connectivity index (χ0v) is 15.8. The second kappa shape index (κ2) is 7.27. The van der Waals surface area contributed by atoms with Gasteiger partial charge in [-0.1, -0.05) is 12.1 Å². The van der Waals surface area contributed by atoms with Crippen LogP contribution in [0.1, 0.15) is 38.8 Å². The first-order chi connectivity index (χ1) is 12.8. The minimum absolute atomic E-state index is 0.277. The number of ether oxygens (including phenoxy) is 2. The molecule has 1 aliphatic rings. The number of hydrogen-bond acceptors (Lipinski definition) is 3. The van der Waals surface area contributed by atoms with Gasteiger partial charge in [-0.25, -0.2) is 9.18 Å². The monoisotopic (exact) mass is 367 g/mol. The Hall–Kier alpha value is -3.08. The lowest BCUT2D eigenvalue weighted by atomic mass is 9.90. The fraction of sp³-hybridized carbons (Fsp3) is 0.227. The second-order valence-corrected chi connectivity index (χ2v) is 6.90. The Balaban J connectivity index is 1.93. The van der Waals surface area contributed by atoms with Crippen molar-refractivity contribution in [2.24, 2.45) is 0 Å². The van der Waals surface area contributed by atoms with Crippen LogP contribution in [0.2, 0.25) is 0 Å². The van der Waals surface area contributed by atoms with E-state index in [-0.39, 0.29) is 5.82 Å². The average molecular weight is 367 g/mol. The van der Waals surface area contributed by atoms with Gasteiger partial charge in [-0.15, -0.1) is 0 Å². The standard InChI is InChI=1S/C22H22FNO3/c1-5-14(2)26-21(25)24-17-10-11-18-19(15-6-8-16(23)9-7-15)13-22(3,4)27-20(18)12-17/h5-13H,1-4H3,(H,24,25)/b14-5-. The van der Waals surface area contributed by atoms with Crippen molar-refractivity contribution in [1.29, 1.82) is 0 Å². The van der Waals surface area contributed by atoms with Crippen LogP contribution >= 0.6 is 0 Å². The summed E-state index contributed by atoms with van der Waals surface area (Å²) in [6.07, 6.45) is 3.16. The number of anilines is 1. The SMILES string of the molecule is C/C=C(/C)OC(=O)Nc1ccc2c(c1)OC(C)(C)C=C2c1ccc(F)cc1. The highest BCUT2D eigenvalue weighted by Gasteiger charge is 2.27. The van der Waals surface area contributed by atoms with Crippen LogP contribution in [0, 0.1) is 5.82 Å². The summed E-state index contributed by atoms with van der Waals surface area (Å²) in [7, 11) is 0. The zero-order chi connectivity index (χ0) is 19.6. The van der Waals surface area contributed by atoms with E-state index in [4.69, 9.17) is 9.47 Å². The van der Waals surface area contributed by atoms with Crippen molar-refractivity contribution in [3.63, 3.8) is 0 Å². The van der Waals surface area contributed by atoms with Crippen molar-refractivity contribution in [3.8, 4) is 5.75 Å². The Morgan fingerprint density at radius 2 is 1.89 bits per heavy atom. The fourth-order valence-electron chi connectivity index (χ4n) is 2.86. The first kappa shape index (κ1) is 18.7. The maximum Gasteiger partial charge on any atom is 0.416 e. The summed E-state index contributed by atoms with van der Waals surface area (Å²) >= 11 is 0. The molecule has 4 nitrogen and oxygen atoms in total. The Bertz CT molecular complexity index is 927. The number of fused-ring (bicyclic) bond motifs is 1. The van der Waals surface area contributed by atoms with Gasteiger partial charge in [0, 0.05) is 17.3 Å². The summed E-state index contributed by atoms with van der Waals surface area (Å²) in [4.78, 5) is 11.9. The molecule has 0 aliphatic carbocycles. The van der Waals surface area contributed by atoms with Gasteiger partial charge in [-0.3, -0.25) is 5.32 Å². The van der Waals surface area contributed by atoms with E-state index in [1.165, 1.54) is 12.1 Å². The van der Waals surface area contributed by atoms with Crippen molar-refractivity contribution in [2.75, 3.05) is 5.32 Å². The number of benzene rings is 2. The van der Waals surface area contributed by atoms with E-state index in [0.717, 1.165) is 16.7 Å². The third kappa shape index (κ3) is 4.37. The first-order valence-electron chi connectivity index (χ1n) is 8.71. The van der Waals surface area contributed by atoms with E-state index in [2.05, 4.69) is 5.32 Å². The number of hydrogen-bond donors (Lipinski definition) is 1. The van der Waals surface area contributed by atoms with Crippen LogP contribution in [0.4, 0.5) is 14.9 Å². The van der Waals surface area contributed by atoms with Crippen molar-refractivity contribution >= 4 is 17.4 Å². The van der Waals surface area contributed by atoms with Gasteiger partial charge in [-0.2, -0.15) is 0 Å². The van der Waals surface area contributed by atoms with E-state index in [1.807, 2.05) is 26.0 Å². The zero-order valence-electron chi connectivity index (χ0n) is 15.8. The lowest BCUT2D eigenvalue weighted by molar-refractivity contribution is 0.158. The van der Waals surface area contributed by atoms with E-state index in [9.17, 15) is 9.18 Å². The largest absolute Gasteiger partial charge is 0.483 e. The van der Waals surface area contributed by atoms with Gasteiger partial charge in [0.15, 0.2) is 0 Å². The van der Waals surface area contributed by atoms with Crippen LogP contribution in [0.5, 0.6) is 5.75 Å². The normalized spacial score (nSPS) is 15.3. The summed E-state index contributed by atoms with van der Waals surface area (Å²) in [6, 6.07) is 11.8. The average Bonchev–Trinajstić information content (AvgIpc) is 2.60. The van der Waals surface area contributed by atoms with Crippen LogP contribution in [-0.2, 0) is 4.74 Å². The molecule has 1 amide bonds. The molecule has 5 heteroatoms. The van der Waals surface area contributed by atoms with Gasteiger partial charge in [0.1, 0.15) is 22.9 Å². The van der Waals surface area contributed by atoms with E-state index >= 15 is 0 Å². The highest BCUT2D eigenvalue weighted by molar-refractivity contribution is 5.89.